The lowest BCUT2D eigenvalue weighted by Gasteiger charge is -2.20. The van der Waals surface area contributed by atoms with E-state index in [-0.39, 0.29) is 23.5 Å². The highest BCUT2D eigenvalue weighted by molar-refractivity contribution is 6.29. The number of amides is 1. The van der Waals surface area contributed by atoms with Crippen LogP contribution in [0.4, 0.5) is 0 Å². The van der Waals surface area contributed by atoms with E-state index in [4.69, 9.17) is 16.7 Å². The quantitative estimate of drug-likeness (QED) is 0.848. The number of aliphatic carboxylic acids is 1. The van der Waals surface area contributed by atoms with Gasteiger partial charge in [-0.1, -0.05) is 32.4 Å². The summed E-state index contributed by atoms with van der Waals surface area (Å²) in [5.41, 5.74) is 1.16. The Morgan fingerprint density at radius 1 is 1.35 bits per heavy atom. The second-order valence-corrected chi connectivity index (χ2v) is 5.57. The molecule has 0 aliphatic rings. The van der Waals surface area contributed by atoms with Gasteiger partial charge in [0.2, 0.25) is 0 Å². The number of carboxylic acid groups (broad SMARTS) is 1. The molecule has 1 atom stereocenters. The third kappa shape index (κ3) is 4.20. The van der Waals surface area contributed by atoms with Crippen LogP contribution in [0.25, 0.3) is 0 Å². The molecular formula is C14H19ClN2O3. The summed E-state index contributed by atoms with van der Waals surface area (Å²) in [5, 5.41) is 9.14. The van der Waals surface area contributed by atoms with Gasteiger partial charge in [0.1, 0.15) is 5.15 Å². The molecule has 0 saturated heterocycles. The number of pyridine rings is 1. The van der Waals surface area contributed by atoms with Crippen molar-refractivity contribution in [3.8, 4) is 0 Å². The Morgan fingerprint density at radius 2 is 1.95 bits per heavy atom. The summed E-state index contributed by atoms with van der Waals surface area (Å²) >= 11 is 5.92. The summed E-state index contributed by atoms with van der Waals surface area (Å²) in [6.07, 6.45) is 0. The van der Waals surface area contributed by atoms with E-state index in [0.717, 1.165) is 5.69 Å². The van der Waals surface area contributed by atoms with Gasteiger partial charge in [0.15, 0.2) is 0 Å². The van der Waals surface area contributed by atoms with Crippen LogP contribution in [0.15, 0.2) is 12.1 Å². The summed E-state index contributed by atoms with van der Waals surface area (Å²) in [4.78, 5) is 28.6. The number of hydrogen-bond acceptors (Lipinski definition) is 3. The van der Waals surface area contributed by atoms with Crippen LogP contribution in [0.1, 0.15) is 42.7 Å². The molecule has 1 N–H and O–H groups in total. The SMILES string of the molecule is CC(CN(C)C(=O)c1cc(Cl)nc(C(C)C)c1)C(=O)O. The number of carbonyl (C=O) groups is 2. The van der Waals surface area contributed by atoms with Crippen molar-refractivity contribution in [2.75, 3.05) is 13.6 Å². The Kier molecular flexibility index (Phi) is 5.51. The molecule has 0 fully saturated rings. The number of hydrogen-bond donors (Lipinski definition) is 1. The maximum atomic E-state index is 12.3. The maximum absolute atomic E-state index is 12.3. The highest BCUT2D eigenvalue weighted by Crippen LogP contribution is 2.19. The first-order valence-electron chi connectivity index (χ1n) is 6.38. The minimum Gasteiger partial charge on any atom is -0.481 e. The monoisotopic (exact) mass is 298 g/mol. The first-order valence-corrected chi connectivity index (χ1v) is 6.76. The molecule has 1 aromatic heterocycles. The van der Waals surface area contributed by atoms with Crippen LogP contribution in [0.2, 0.25) is 5.15 Å². The zero-order valence-electron chi connectivity index (χ0n) is 12.1. The van der Waals surface area contributed by atoms with Crippen LogP contribution in [0.5, 0.6) is 0 Å². The van der Waals surface area contributed by atoms with Crippen molar-refractivity contribution in [1.82, 2.24) is 9.88 Å². The fraction of sp³-hybridized carbons (Fsp3) is 0.500. The second kappa shape index (κ2) is 6.70. The van der Waals surface area contributed by atoms with Crippen LogP contribution in [-0.2, 0) is 4.79 Å². The zero-order chi connectivity index (χ0) is 15.4. The first-order chi connectivity index (χ1) is 9.22. The van der Waals surface area contributed by atoms with Gasteiger partial charge >= 0.3 is 5.97 Å². The second-order valence-electron chi connectivity index (χ2n) is 5.18. The zero-order valence-corrected chi connectivity index (χ0v) is 12.8. The Bertz CT molecular complexity index is 517. The van der Waals surface area contributed by atoms with Crippen molar-refractivity contribution in [2.24, 2.45) is 5.92 Å². The average Bonchev–Trinajstić information content (AvgIpc) is 2.36. The summed E-state index contributed by atoms with van der Waals surface area (Å²) in [5.74, 6) is -1.65. The van der Waals surface area contributed by atoms with Gasteiger partial charge < -0.3 is 10.0 Å². The lowest BCUT2D eigenvalue weighted by atomic mass is 10.1. The predicted octanol–water partition coefficient (Wildman–Crippen LogP) is 2.65. The molecular weight excluding hydrogens is 280 g/mol. The lowest BCUT2D eigenvalue weighted by molar-refractivity contribution is -0.141. The van der Waals surface area contributed by atoms with Crippen molar-refractivity contribution >= 4 is 23.5 Å². The van der Waals surface area contributed by atoms with Gasteiger partial charge in [-0.05, 0) is 18.1 Å². The molecule has 1 aromatic rings. The minimum absolute atomic E-state index is 0.144. The maximum Gasteiger partial charge on any atom is 0.308 e. The molecule has 0 aliphatic carbocycles. The van der Waals surface area contributed by atoms with E-state index in [1.165, 1.54) is 11.0 Å². The van der Waals surface area contributed by atoms with E-state index in [1.807, 2.05) is 13.8 Å². The van der Waals surface area contributed by atoms with Crippen molar-refractivity contribution < 1.29 is 14.7 Å². The van der Waals surface area contributed by atoms with Crippen molar-refractivity contribution in [3.63, 3.8) is 0 Å². The largest absolute Gasteiger partial charge is 0.481 e. The summed E-state index contributed by atoms with van der Waals surface area (Å²) < 4.78 is 0. The van der Waals surface area contributed by atoms with Gasteiger partial charge in [-0.3, -0.25) is 9.59 Å². The van der Waals surface area contributed by atoms with Crippen molar-refractivity contribution in [3.05, 3.63) is 28.5 Å². The Morgan fingerprint density at radius 3 is 2.45 bits per heavy atom. The average molecular weight is 299 g/mol. The topological polar surface area (TPSA) is 70.5 Å². The number of halogens is 1. The number of rotatable bonds is 5. The van der Waals surface area contributed by atoms with E-state index in [1.54, 1.807) is 20.0 Å². The normalized spacial score (nSPS) is 12.3. The number of nitrogens with zero attached hydrogens (tertiary/aromatic N) is 2. The molecule has 0 bridgehead atoms. The van der Waals surface area contributed by atoms with Crippen LogP contribution in [0, 0.1) is 5.92 Å². The number of carbonyl (C=O) groups excluding carboxylic acids is 1. The molecule has 6 heteroatoms. The lowest BCUT2D eigenvalue weighted by Crippen LogP contribution is -2.33. The first kappa shape index (κ1) is 16.4. The smallest absolute Gasteiger partial charge is 0.308 e. The predicted molar refractivity (Wildman–Crippen MR) is 77.1 cm³/mol. The minimum atomic E-state index is -0.930. The highest BCUT2D eigenvalue weighted by Gasteiger charge is 2.19. The molecule has 0 aromatic carbocycles. The van der Waals surface area contributed by atoms with Gasteiger partial charge in [-0.25, -0.2) is 4.98 Å². The van der Waals surface area contributed by atoms with Gasteiger partial charge in [-0.2, -0.15) is 0 Å². The fourth-order valence-electron chi connectivity index (χ4n) is 1.73. The molecule has 1 rings (SSSR count). The molecule has 0 saturated carbocycles. The van der Waals surface area contributed by atoms with Crippen LogP contribution in [0.3, 0.4) is 0 Å². The molecule has 0 aliphatic heterocycles. The molecule has 1 unspecified atom stereocenters. The van der Waals surface area contributed by atoms with Crippen molar-refractivity contribution in [2.45, 2.75) is 26.7 Å². The van der Waals surface area contributed by atoms with Gasteiger partial charge in [0.25, 0.3) is 5.91 Å². The van der Waals surface area contributed by atoms with Gasteiger partial charge in [-0.15, -0.1) is 0 Å². The Hall–Kier alpha value is -1.62. The molecule has 5 nitrogen and oxygen atoms in total. The van der Waals surface area contributed by atoms with Crippen molar-refractivity contribution in [1.29, 1.82) is 0 Å². The summed E-state index contributed by atoms with van der Waals surface area (Å²) in [6.45, 7) is 5.63. The third-order valence-corrected chi connectivity index (χ3v) is 3.16. The fourth-order valence-corrected chi connectivity index (χ4v) is 1.94. The molecule has 20 heavy (non-hydrogen) atoms. The standard InChI is InChI=1S/C14H19ClN2O3/c1-8(2)11-5-10(6-12(15)16-11)13(18)17(4)7-9(3)14(19)20/h5-6,8-9H,7H2,1-4H3,(H,19,20). The Labute approximate surface area is 123 Å². The van der Waals surface area contributed by atoms with E-state index in [9.17, 15) is 9.59 Å². The third-order valence-electron chi connectivity index (χ3n) is 2.97. The molecule has 0 radical (unpaired) electrons. The van der Waals surface area contributed by atoms with E-state index < -0.39 is 11.9 Å². The molecule has 1 heterocycles. The van der Waals surface area contributed by atoms with Crippen LogP contribution >= 0.6 is 11.6 Å². The van der Waals surface area contributed by atoms with Crippen LogP contribution < -0.4 is 0 Å². The van der Waals surface area contributed by atoms with Crippen LogP contribution in [-0.4, -0.2) is 40.5 Å². The van der Waals surface area contributed by atoms with E-state index >= 15 is 0 Å². The molecule has 110 valence electrons. The summed E-state index contributed by atoms with van der Waals surface area (Å²) in [6, 6.07) is 3.19. The molecule has 1 amide bonds. The van der Waals surface area contributed by atoms with E-state index in [0.29, 0.717) is 5.56 Å². The molecule has 0 spiro atoms. The number of carboxylic acids is 1. The Balaban J connectivity index is 2.94. The summed E-state index contributed by atoms with van der Waals surface area (Å²) in [7, 11) is 1.57. The number of aromatic nitrogens is 1. The van der Waals surface area contributed by atoms with E-state index in [2.05, 4.69) is 4.98 Å². The highest BCUT2D eigenvalue weighted by atomic mass is 35.5. The van der Waals surface area contributed by atoms with Gasteiger partial charge in [0.05, 0.1) is 5.92 Å². The van der Waals surface area contributed by atoms with Gasteiger partial charge in [0, 0.05) is 24.8 Å².